The Morgan fingerprint density at radius 2 is 1.94 bits per heavy atom. The van der Waals surface area contributed by atoms with E-state index in [9.17, 15) is 0 Å². The largest absolute Gasteiger partial charge is 0.383 e. The molecule has 3 heteroatoms. The molecule has 16 heavy (non-hydrogen) atoms. The van der Waals surface area contributed by atoms with Crippen molar-refractivity contribution in [2.24, 2.45) is 5.92 Å². The average Bonchev–Trinajstić information content (AvgIpc) is 3.02. The molecule has 1 rings (SSSR count). The predicted molar refractivity (Wildman–Crippen MR) is 68.8 cm³/mol. The minimum Gasteiger partial charge on any atom is -0.383 e. The van der Waals surface area contributed by atoms with Crippen molar-refractivity contribution in [1.29, 1.82) is 0 Å². The smallest absolute Gasteiger partial charge is 0.0589 e. The SMILES string of the molecule is COCCN(C(C)CNCC(C)C)C1CC1. The number of hydrogen-bond acceptors (Lipinski definition) is 3. The Morgan fingerprint density at radius 3 is 2.44 bits per heavy atom. The Kier molecular flexibility index (Phi) is 6.32. The first-order valence-corrected chi connectivity index (χ1v) is 6.60. The molecule has 0 saturated heterocycles. The summed E-state index contributed by atoms with van der Waals surface area (Å²) in [5, 5.41) is 3.54. The van der Waals surface area contributed by atoms with Gasteiger partial charge in [0.25, 0.3) is 0 Å². The summed E-state index contributed by atoms with van der Waals surface area (Å²) in [7, 11) is 1.78. The molecule has 0 spiro atoms. The van der Waals surface area contributed by atoms with Gasteiger partial charge in [0.05, 0.1) is 6.61 Å². The van der Waals surface area contributed by atoms with Gasteiger partial charge in [-0.25, -0.2) is 0 Å². The first-order valence-electron chi connectivity index (χ1n) is 6.60. The van der Waals surface area contributed by atoms with Crippen molar-refractivity contribution in [3.63, 3.8) is 0 Å². The normalized spacial score (nSPS) is 18.4. The van der Waals surface area contributed by atoms with Crippen LogP contribution in [0.15, 0.2) is 0 Å². The van der Waals surface area contributed by atoms with Gasteiger partial charge < -0.3 is 10.1 Å². The number of nitrogens with one attached hydrogen (secondary N) is 1. The maximum atomic E-state index is 5.18. The number of ether oxygens (including phenoxy) is 1. The second-order valence-electron chi connectivity index (χ2n) is 5.36. The van der Waals surface area contributed by atoms with E-state index >= 15 is 0 Å². The highest BCUT2D eigenvalue weighted by molar-refractivity contribution is 4.88. The van der Waals surface area contributed by atoms with Crippen LogP contribution >= 0.6 is 0 Å². The van der Waals surface area contributed by atoms with Crippen LogP contribution in [0.3, 0.4) is 0 Å². The zero-order valence-electron chi connectivity index (χ0n) is 11.3. The molecule has 0 aromatic carbocycles. The lowest BCUT2D eigenvalue weighted by molar-refractivity contribution is 0.118. The molecule has 1 fully saturated rings. The first kappa shape index (κ1) is 13.9. The van der Waals surface area contributed by atoms with Gasteiger partial charge in [-0.3, -0.25) is 4.90 Å². The summed E-state index contributed by atoms with van der Waals surface area (Å²) in [5.41, 5.74) is 0. The van der Waals surface area contributed by atoms with E-state index in [0.29, 0.717) is 6.04 Å². The molecule has 0 aliphatic heterocycles. The molecule has 3 nitrogen and oxygen atoms in total. The van der Waals surface area contributed by atoms with Gasteiger partial charge in [-0.05, 0) is 32.2 Å². The minimum atomic E-state index is 0.626. The highest BCUT2D eigenvalue weighted by Gasteiger charge is 2.31. The van der Waals surface area contributed by atoms with Crippen molar-refractivity contribution in [3.05, 3.63) is 0 Å². The molecule has 0 aromatic heterocycles. The molecule has 0 bridgehead atoms. The van der Waals surface area contributed by atoms with Crippen molar-refractivity contribution in [2.75, 3.05) is 33.4 Å². The van der Waals surface area contributed by atoms with Gasteiger partial charge in [-0.15, -0.1) is 0 Å². The van der Waals surface area contributed by atoms with E-state index in [-0.39, 0.29) is 0 Å². The fraction of sp³-hybridized carbons (Fsp3) is 1.00. The minimum absolute atomic E-state index is 0.626. The van der Waals surface area contributed by atoms with Crippen molar-refractivity contribution in [2.45, 2.75) is 45.7 Å². The van der Waals surface area contributed by atoms with E-state index in [1.807, 2.05) is 0 Å². The van der Waals surface area contributed by atoms with Gasteiger partial charge in [-0.1, -0.05) is 13.8 Å². The standard InChI is InChI=1S/C13H28N2O/c1-11(2)9-14-10-12(3)15(7-8-16-4)13-5-6-13/h11-14H,5-10H2,1-4H3. The van der Waals surface area contributed by atoms with Gasteiger partial charge in [-0.2, -0.15) is 0 Å². The molecule has 1 aliphatic carbocycles. The molecule has 1 aliphatic rings. The van der Waals surface area contributed by atoms with Gasteiger partial charge in [0.1, 0.15) is 0 Å². The van der Waals surface area contributed by atoms with Crippen LogP contribution in [0.4, 0.5) is 0 Å². The number of hydrogen-bond donors (Lipinski definition) is 1. The van der Waals surface area contributed by atoms with Crippen LogP contribution in [0.5, 0.6) is 0 Å². The third-order valence-corrected chi connectivity index (χ3v) is 3.13. The molecular weight excluding hydrogens is 200 g/mol. The van der Waals surface area contributed by atoms with Crippen LogP contribution < -0.4 is 5.32 Å². The predicted octanol–water partition coefficient (Wildman–Crippen LogP) is 1.73. The Bertz CT molecular complexity index is 181. The summed E-state index contributed by atoms with van der Waals surface area (Å²) in [6.45, 7) is 11.0. The monoisotopic (exact) mass is 228 g/mol. The Labute approximate surface area is 101 Å². The maximum Gasteiger partial charge on any atom is 0.0589 e. The molecule has 0 amide bonds. The quantitative estimate of drug-likeness (QED) is 0.650. The molecule has 1 atom stereocenters. The highest BCUT2D eigenvalue weighted by atomic mass is 16.5. The first-order chi connectivity index (χ1) is 7.65. The van der Waals surface area contributed by atoms with Crippen LogP contribution in [0, 0.1) is 5.92 Å². The van der Waals surface area contributed by atoms with E-state index in [0.717, 1.165) is 38.2 Å². The molecule has 0 heterocycles. The fourth-order valence-electron chi connectivity index (χ4n) is 2.06. The Balaban J connectivity index is 2.21. The molecule has 0 aromatic rings. The summed E-state index contributed by atoms with van der Waals surface area (Å²) in [5.74, 6) is 0.737. The summed E-state index contributed by atoms with van der Waals surface area (Å²) in [4.78, 5) is 2.59. The van der Waals surface area contributed by atoms with Crippen LogP contribution in [0.1, 0.15) is 33.6 Å². The van der Waals surface area contributed by atoms with Crippen LogP contribution in [-0.4, -0.2) is 50.3 Å². The third-order valence-electron chi connectivity index (χ3n) is 3.13. The van der Waals surface area contributed by atoms with Crippen molar-refractivity contribution in [1.82, 2.24) is 10.2 Å². The highest BCUT2D eigenvalue weighted by Crippen LogP contribution is 2.28. The van der Waals surface area contributed by atoms with Crippen LogP contribution in [0.25, 0.3) is 0 Å². The zero-order valence-corrected chi connectivity index (χ0v) is 11.3. The molecular formula is C13H28N2O. The average molecular weight is 228 g/mol. The lowest BCUT2D eigenvalue weighted by Gasteiger charge is -2.29. The molecule has 1 saturated carbocycles. The second kappa shape index (κ2) is 7.25. The molecule has 96 valence electrons. The van der Waals surface area contributed by atoms with E-state index in [4.69, 9.17) is 4.74 Å². The lowest BCUT2D eigenvalue weighted by atomic mass is 10.2. The number of methoxy groups -OCH3 is 1. The molecule has 0 radical (unpaired) electrons. The maximum absolute atomic E-state index is 5.18. The van der Waals surface area contributed by atoms with Crippen LogP contribution in [-0.2, 0) is 4.74 Å². The number of rotatable bonds is 9. The summed E-state index contributed by atoms with van der Waals surface area (Å²) >= 11 is 0. The van der Waals surface area contributed by atoms with E-state index in [1.54, 1.807) is 7.11 Å². The third kappa shape index (κ3) is 5.28. The number of nitrogens with zero attached hydrogens (tertiary/aromatic N) is 1. The van der Waals surface area contributed by atoms with E-state index < -0.39 is 0 Å². The fourth-order valence-corrected chi connectivity index (χ4v) is 2.06. The second-order valence-corrected chi connectivity index (χ2v) is 5.36. The van der Waals surface area contributed by atoms with Crippen LogP contribution in [0.2, 0.25) is 0 Å². The topological polar surface area (TPSA) is 24.5 Å². The lowest BCUT2D eigenvalue weighted by Crippen LogP contribution is -2.44. The molecule has 1 unspecified atom stereocenters. The van der Waals surface area contributed by atoms with Gasteiger partial charge in [0.15, 0.2) is 0 Å². The van der Waals surface area contributed by atoms with Crippen molar-refractivity contribution < 1.29 is 4.74 Å². The van der Waals surface area contributed by atoms with Crippen molar-refractivity contribution >= 4 is 0 Å². The molecule has 1 N–H and O–H groups in total. The summed E-state index contributed by atoms with van der Waals surface area (Å²) < 4.78 is 5.18. The zero-order chi connectivity index (χ0) is 12.0. The van der Waals surface area contributed by atoms with Gasteiger partial charge >= 0.3 is 0 Å². The van der Waals surface area contributed by atoms with Crippen molar-refractivity contribution in [3.8, 4) is 0 Å². The summed E-state index contributed by atoms with van der Waals surface area (Å²) in [6.07, 6.45) is 2.75. The summed E-state index contributed by atoms with van der Waals surface area (Å²) in [6, 6.07) is 1.45. The Hall–Kier alpha value is -0.120. The Morgan fingerprint density at radius 1 is 1.25 bits per heavy atom. The van der Waals surface area contributed by atoms with Gasteiger partial charge in [0.2, 0.25) is 0 Å². The van der Waals surface area contributed by atoms with Gasteiger partial charge in [0, 0.05) is 32.3 Å². The van der Waals surface area contributed by atoms with E-state index in [2.05, 4.69) is 31.0 Å². The van der Waals surface area contributed by atoms with E-state index in [1.165, 1.54) is 12.8 Å².